The summed E-state index contributed by atoms with van der Waals surface area (Å²) in [6, 6.07) is 6.25. The molecule has 1 aliphatic rings. The molecular weight excluding hydrogens is 273 g/mol. The Morgan fingerprint density at radius 3 is 2.62 bits per heavy atom. The monoisotopic (exact) mass is 293 g/mol. The number of carbonyl (C=O) groups excluding carboxylic acids is 1. The van der Waals surface area contributed by atoms with Crippen LogP contribution in [0.1, 0.15) is 31.2 Å². The molecule has 0 saturated heterocycles. The van der Waals surface area contributed by atoms with E-state index in [0.29, 0.717) is 25.8 Å². The maximum absolute atomic E-state index is 13.0. The van der Waals surface area contributed by atoms with Gasteiger partial charge >= 0.3 is 5.97 Å². The molecule has 0 bridgehead atoms. The van der Waals surface area contributed by atoms with E-state index in [1.54, 1.807) is 12.1 Å². The van der Waals surface area contributed by atoms with Gasteiger partial charge in [-0.15, -0.1) is 0 Å². The highest BCUT2D eigenvalue weighted by Gasteiger charge is 2.35. The van der Waals surface area contributed by atoms with Gasteiger partial charge in [0.25, 0.3) is 0 Å². The number of rotatable bonds is 5. The Labute approximate surface area is 123 Å². The van der Waals surface area contributed by atoms with Crippen LogP contribution >= 0.6 is 0 Å². The molecule has 0 radical (unpaired) electrons. The van der Waals surface area contributed by atoms with Crippen LogP contribution in [0.2, 0.25) is 0 Å². The first-order valence-corrected chi connectivity index (χ1v) is 7.33. The molecule has 1 saturated carbocycles. The van der Waals surface area contributed by atoms with Gasteiger partial charge < -0.3 is 10.4 Å². The van der Waals surface area contributed by atoms with Gasteiger partial charge in [-0.3, -0.25) is 9.59 Å². The predicted octanol–water partition coefficient (Wildman–Crippen LogP) is 2.38. The van der Waals surface area contributed by atoms with Gasteiger partial charge in [-0.25, -0.2) is 4.39 Å². The molecule has 0 spiro atoms. The van der Waals surface area contributed by atoms with Crippen LogP contribution in [0.25, 0.3) is 0 Å². The van der Waals surface area contributed by atoms with Gasteiger partial charge in [0.15, 0.2) is 0 Å². The average Bonchev–Trinajstić information content (AvgIpc) is 2.47. The van der Waals surface area contributed by atoms with Gasteiger partial charge in [0.2, 0.25) is 5.91 Å². The Morgan fingerprint density at radius 2 is 1.95 bits per heavy atom. The van der Waals surface area contributed by atoms with Crippen LogP contribution in [0.4, 0.5) is 4.39 Å². The van der Waals surface area contributed by atoms with Gasteiger partial charge in [0, 0.05) is 6.54 Å². The zero-order chi connectivity index (χ0) is 15.2. The molecule has 0 heterocycles. The molecule has 2 unspecified atom stereocenters. The van der Waals surface area contributed by atoms with Crippen molar-refractivity contribution in [3.63, 3.8) is 0 Å². The fourth-order valence-electron chi connectivity index (χ4n) is 2.89. The third kappa shape index (κ3) is 4.28. The maximum atomic E-state index is 13.0. The largest absolute Gasteiger partial charge is 0.481 e. The summed E-state index contributed by atoms with van der Waals surface area (Å²) < 4.78 is 13.0. The molecular formula is C16H20FNO3. The summed E-state index contributed by atoms with van der Waals surface area (Å²) in [5.74, 6) is -2.40. The Hall–Kier alpha value is -1.91. The summed E-state index contributed by atoms with van der Waals surface area (Å²) >= 11 is 0. The van der Waals surface area contributed by atoms with Crippen LogP contribution in [-0.4, -0.2) is 23.5 Å². The van der Waals surface area contributed by atoms with Crippen LogP contribution in [0.3, 0.4) is 0 Å². The smallest absolute Gasteiger partial charge is 0.307 e. The molecule has 0 aromatic heterocycles. The van der Waals surface area contributed by atoms with E-state index in [1.165, 1.54) is 12.1 Å². The van der Waals surface area contributed by atoms with Crippen molar-refractivity contribution in [3.8, 4) is 0 Å². The van der Waals surface area contributed by atoms with Crippen molar-refractivity contribution in [1.29, 1.82) is 0 Å². The van der Waals surface area contributed by atoms with Gasteiger partial charge in [0.05, 0.1) is 11.8 Å². The van der Waals surface area contributed by atoms with Crippen LogP contribution in [0.15, 0.2) is 24.3 Å². The number of benzene rings is 1. The summed E-state index contributed by atoms with van der Waals surface area (Å²) in [6.45, 7) is 0.394. The SMILES string of the molecule is O=C(O)C1CCCCC1C(=O)NCCc1cccc(F)c1. The Kier molecular flexibility index (Phi) is 5.31. The first-order valence-electron chi connectivity index (χ1n) is 7.33. The minimum Gasteiger partial charge on any atom is -0.481 e. The van der Waals surface area contributed by atoms with Crippen molar-refractivity contribution >= 4 is 11.9 Å². The first kappa shape index (κ1) is 15.5. The average molecular weight is 293 g/mol. The van der Waals surface area contributed by atoms with E-state index < -0.39 is 17.8 Å². The van der Waals surface area contributed by atoms with Gasteiger partial charge in [-0.05, 0) is 37.0 Å². The molecule has 1 aromatic carbocycles. The van der Waals surface area contributed by atoms with Gasteiger partial charge in [0.1, 0.15) is 5.82 Å². The standard InChI is InChI=1S/C16H20FNO3/c17-12-5-3-4-11(10-12)8-9-18-15(19)13-6-1-2-7-14(13)16(20)21/h3-5,10,13-14H,1-2,6-9H2,(H,18,19)(H,20,21). The number of carbonyl (C=O) groups is 2. The predicted molar refractivity (Wildman–Crippen MR) is 76.2 cm³/mol. The van der Waals surface area contributed by atoms with Crippen molar-refractivity contribution in [1.82, 2.24) is 5.32 Å². The molecule has 2 atom stereocenters. The number of carboxylic acid groups (broad SMARTS) is 1. The molecule has 114 valence electrons. The normalized spacial score (nSPS) is 21.8. The molecule has 1 aliphatic carbocycles. The molecule has 1 amide bonds. The molecule has 1 fully saturated rings. The van der Waals surface area contributed by atoms with Gasteiger partial charge in [-0.1, -0.05) is 25.0 Å². The lowest BCUT2D eigenvalue weighted by atomic mass is 9.78. The lowest BCUT2D eigenvalue weighted by Crippen LogP contribution is -2.40. The summed E-state index contributed by atoms with van der Waals surface area (Å²) in [4.78, 5) is 23.3. The summed E-state index contributed by atoms with van der Waals surface area (Å²) in [5.41, 5.74) is 0.814. The van der Waals surface area contributed by atoms with E-state index in [1.807, 2.05) is 0 Å². The molecule has 0 aliphatic heterocycles. The third-order valence-electron chi connectivity index (χ3n) is 4.02. The second kappa shape index (κ2) is 7.20. The number of hydrogen-bond donors (Lipinski definition) is 2. The van der Waals surface area contributed by atoms with E-state index in [-0.39, 0.29) is 11.7 Å². The quantitative estimate of drug-likeness (QED) is 0.876. The molecule has 5 heteroatoms. The van der Waals surface area contributed by atoms with Crippen molar-refractivity contribution in [2.75, 3.05) is 6.54 Å². The number of halogens is 1. The topological polar surface area (TPSA) is 66.4 Å². The lowest BCUT2D eigenvalue weighted by molar-refractivity contribution is -0.148. The molecule has 21 heavy (non-hydrogen) atoms. The van der Waals surface area contributed by atoms with Crippen LogP contribution in [0, 0.1) is 17.7 Å². The maximum Gasteiger partial charge on any atom is 0.307 e. The molecule has 1 aromatic rings. The third-order valence-corrected chi connectivity index (χ3v) is 4.02. The molecule has 4 nitrogen and oxygen atoms in total. The van der Waals surface area contributed by atoms with Gasteiger partial charge in [-0.2, -0.15) is 0 Å². The number of nitrogens with one attached hydrogen (secondary N) is 1. The highest BCUT2D eigenvalue weighted by atomic mass is 19.1. The minimum absolute atomic E-state index is 0.196. The lowest BCUT2D eigenvalue weighted by Gasteiger charge is -2.27. The van der Waals surface area contributed by atoms with Crippen molar-refractivity contribution in [3.05, 3.63) is 35.6 Å². The van der Waals surface area contributed by atoms with E-state index in [0.717, 1.165) is 18.4 Å². The summed E-state index contributed by atoms with van der Waals surface area (Å²) in [5, 5.41) is 12.0. The minimum atomic E-state index is -0.889. The fourth-order valence-corrected chi connectivity index (χ4v) is 2.89. The van der Waals surface area contributed by atoms with E-state index in [2.05, 4.69) is 5.32 Å². The first-order chi connectivity index (χ1) is 10.1. The Balaban J connectivity index is 1.84. The molecule has 2 rings (SSSR count). The van der Waals surface area contributed by atoms with Crippen LogP contribution < -0.4 is 5.32 Å². The van der Waals surface area contributed by atoms with Crippen molar-refractivity contribution in [2.24, 2.45) is 11.8 Å². The zero-order valence-electron chi connectivity index (χ0n) is 11.8. The highest BCUT2D eigenvalue weighted by molar-refractivity contribution is 5.84. The number of hydrogen-bond acceptors (Lipinski definition) is 2. The molecule has 2 N–H and O–H groups in total. The Bertz CT molecular complexity index is 518. The Morgan fingerprint density at radius 1 is 1.24 bits per heavy atom. The van der Waals surface area contributed by atoms with Crippen LogP contribution in [-0.2, 0) is 16.0 Å². The van der Waals surface area contributed by atoms with E-state index in [9.17, 15) is 14.0 Å². The van der Waals surface area contributed by atoms with Crippen molar-refractivity contribution < 1.29 is 19.1 Å². The second-order valence-corrected chi connectivity index (χ2v) is 5.51. The van der Waals surface area contributed by atoms with E-state index in [4.69, 9.17) is 5.11 Å². The summed E-state index contributed by atoms with van der Waals surface area (Å²) in [7, 11) is 0. The zero-order valence-corrected chi connectivity index (χ0v) is 11.8. The van der Waals surface area contributed by atoms with E-state index >= 15 is 0 Å². The number of carboxylic acids is 1. The number of aliphatic carboxylic acids is 1. The number of amides is 1. The van der Waals surface area contributed by atoms with Crippen LogP contribution in [0.5, 0.6) is 0 Å². The fraction of sp³-hybridized carbons (Fsp3) is 0.500. The van der Waals surface area contributed by atoms with Crippen molar-refractivity contribution in [2.45, 2.75) is 32.1 Å². The highest BCUT2D eigenvalue weighted by Crippen LogP contribution is 2.30. The second-order valence-electron chi connectivity index (χ2n) is 5.51. The summed E-state index contributed by atoms with van der Waals surface area (Å²) in [6.07, 6.45) is 3.49.